The smallest absolute Gasteiger partial charge is 0.417 e. The van der Waals surface area contributed by atoms with Crippen LogP contribution in [0.2, 0.25) is 5.02 Å². The Morgan fingerprint density at radius 1 is 1.15 bits per heavy atom. The Kier molecular flexibility index (Phi) is 6.84. The van der Waals surface area contributed by atoms with E-state index in [0.717, 1.165) is 29.6 Å². The van der Waals surface area contributed by atoms with Gasteiger partial charge in [-0.1, -0.05) is 41.9 Å². The molecule has 33 heavy (non-hydrogen) atoms. The van der Waals surface area contributed by atoms with E-state index in [1.165, 1.54) is 0 Å². The molecule has 3 aromatic rings. The highest BCUT2D eigenvalue weighted by atomic mass is 35.5. The van der Waals surface area contributed by atoms with Crippen LogP contribution in [-0.4, -0.2) is 31.6 Å². The molecule has 0 fully saturated rings. The van der Waals surface area contributed by atoms with E-state index < -0.39 is 43.5 Å². The number of alkyl halides is 3. The molecule has 1 N–H and O–H groups in total. The first-order valence-electron chi connectivity index (χ1n) is 9.16. The Balaban J connectivity index is 2.19. The summed E-state index contributed by atoms with van der Waals surface area (Å²) < 4.78 is 72.2. The van der Waals surface area contributed by atoms with E-state index in [1.54, 1.807) is 30.3 Å². The lowest BCUT2D eigenvalue weighted by atomic mass is 10.2. The average molecular weight is 501 g/mol. The average Bonchev–Trinajstić information content (AvgIpc) is 2.77. The van der Waals surface area contributed by atoms with E-state index in [9.17, 15) is 31.5 Å². The number of carbonyl (C=O) groups is 1. The molecule has 3 rings (SSSR count). The number of benzene rings is 2. The van der Waals surface area contributed by atoms with Gasteiger partial charge in [0.25, 0.3) is 10.0 Å². The third-order valence-electron chi connectivity index (χ3n) is 4.53. The number of aromatic nitrogens is 1. The minimum absolute atomic E-state index is 0.217. The molecule has 174 valence electrons. The molecule has 1 aromatic heterocycles. The number of hydrogen-bond acceptors (Lipinski definition) is 5. The summed E-state index contributed by atoms with van der Waals surface area (Å²) in [6, 6.07) is 12.0. The first-order chi connectivity index (χ1) is 15.4. The second kappa shape index (κ2) is 9.28. The van der Waals surface area contributed by atoms with E-state index in [-0.39, 0.29) is 17.9 Å². The van der Waals surface area contributed by atoms with Crippen LogP contribution < -0.4 is 9.04 Å². The molecule has 0 atom stereocenters. The number of halogens is 4. The summed E-state index contributed by atoms with van der Waals surface area (Å²) in [5, 5.41) is 8.64. The largest absolute Gasteiger partial charge is 0.495 e. The van der Waals surface area contributed by atoms with Crippen molar-refractivity contribution in [3.05, 3.63) is 82.5 Å². The normalized spacial score (nSPS) is 11.8. The van der Waals surface area contributed by atoms with Crippen molar-refractivity contribution in [2.45, 2.75) is 17.6 Å². The highest BCUT2D eigenvalue weighted by molar-refractivity contribution is 7.92. The fourth-order valence-corrected chi connectivity index (χ4v) is 4.81. The molecule has 0 saturated heterocycles. The summed E-state index contributed by atoms with van der Waals surface area (Å²) in [7, 11) is -3.36. The van der Waals surface area contributed by atoms with E-state index >= 15 is 0 Å². The molecule has 0 radical (unpaired) electrons. The number of aromatic carboxylic acids is 1. The second-order valence-corrected chi connectivity index (χ2v) is 8.93. The third-order valence-corrected chi connectivity index (χ3v) is 6.59. The van der Waals surface area contributed by atoms with Gasteiger partial charge in [0.15, 0.2) is 5.82 Å². The number of carboxylic acid groups (broad SMARTS) is 1. The SMILES string of the molecule is COc1cc(C(=O)O)ccc1S(=O)(=O)N(Cc1ccccc1)c1ncc(C(F)(F)F)cc1Cl. The maximum absolute atomic E-state index is 13.6. The van der Waals surface area contributed by atoms with Gasteiger partial charge in [-0.15, -0.1) is 0 Å². The number of sulfonamides is 1. The molecule has 0 aliphatic carbocycles. The molecular formula is C21H16ClF3N2O5S. The molecule has 7 nitrogen and oxygen atoms in total. The predicted octanol–water partition coefficient (Wildman–Crippen LogP) is 4.86. The fourth-order valence-electron chi connectivity index (χ4n) is 2.92. The topological polar surface area (TPSA) is 96.8 Å². The number of hydrogen-bond donors (Lipinski definition) is 1. The van der Waals surface area contributed by atoms with Crippen molar-refractivity contribution in [1.29, 1.82) is 0 Å². The number of pyridine rings is 1. The highest BCUT2D eigenvalue weighted by Gasteiger charge is 2.35. The Morgan fingerprint density at radius 2 is 1.82 bits per heavy atom. The van der Waals surface area contributed by atoms with Gasteiger partial charge in [0, 0.05) is 6.20 Å². The van der Waals surface area contributed by atoms with Crippen LogP contribution in [0.15, 0.2) is 65.7 Å². The zero-order chi connectivity index (χ0) is 24.4. The van der Waals surface area contributed by atoms with E-state index in [2.05, 4.69) is 4.98 Å². The summed E-state index contributed by atoms with van der Waals surface area (Å²) in [5.74, 6) is -2.00. The number of rotatable bonds is 7. The van der Waals surface area contributed by atoms with Gasteiger partial charge in [0.2, 0.25) is 0 Å². The van der Waals surface area contributed by atoms with Gasteiger partial charge < -0.3 is 9.84 Å². The Bertz CT molecular complexity index is 1280. The Labute approximate surface area is 192 Å². The molecule has 0 aliphatic rings. The van der Waals surface area contributed by atoms with Crippen molar-refractivity contribution in [3.8, 4) is 5.75 Å². The lowest BCUT2D eigenvalue weighted by Gasteiger charge is -2.25. The number of nitrogens with zero attached hydrogens (tertiary/aromatic N) is 2. The zero-order valence-corrected chi connectivity index (χ0v) is 18.4. The highest BCUT2D eigenvalue weighted by Crippen LogP contribution is 2.37. The van der Waals surface area contributed by atoms with E-state index in [1.807, 2.05) is 0 Å². The number of methoxy groups -OCH3 is 1. The van der Waals surface area contributed by atoms with Gasteiger partial charge >= 0.3 is 12.1 Å². The van der Waals surface area contributed by atoms with Crippen molar-refractivity contribution >= 4 is 33.4 Å². The van der Waals surface area contributed by atoms with E-state index in [4.69, 9.17) is 16.3 Å². The quantitative estimate of drug-likeness (QED) is 0.498. The van der Waals surface area contributed by atoms with Crippen LogP contribution in [0.4, 0.5) is 19.0 Å². The first kappa shape index (κ1) is 24.3. The number of anilines is 1. The lowest BCUT2D eigenvalue weighted by Crippen LogP contribution is -2.32. The van der Waals surface area contributed by atoms with Crippen molar-refractivity contribution in [2.24, 2.45) is 0 Å². The zero-order valence-electron chi connectivity index (χ0n) is 16.9. The predicted molar refractivity (Wildman–Crippen MR) is 114 cm³/mol. The molecule has 0 aliphatic heterocycles. The minimum Gasteiger partial charge on any atom is -0.495 e. The van der Waals surface area contributed by atoms with Crippen molar-refractivity contribution in [3.63, 3.8) is 0 Å². The summed E-state index contributed by atoms with van der Waals surface area (Å²) in [4.78, 5) is 14.5. The Hall–Kier alpha value is -3.31. The third kappa shape index (κ3) is 5.20. The minimum atomic E-state index is -4.73. The lowest BCUT2D eigenvalue weighted by molar-refractivity contribution is -0.137. The monoisotopic (exact) mass is 500 g/mol. The summed E-state index contributed by atoms with van der Waals surface area (Å²) in [5.41, 5.74) is -0.859. The van der Waals surface area contributed by atoms with Crippen LogP contribution in [0.5, 0.6) is 5.75 Å². The molecule has 0 saturated carbocycles. The van der Waals surface area contributed by atoms with Crippen LogP contribution in [0.25, 0.3) is 0 Å². The fraction of sp³-hybridized carbons (Fsp3) is 0.143. The van der Waals surface area contributed by atoms with Gasteiger partial charge in [0.1, 0.15) is 10.6 Å². The molecule has 0 bridgehead atoms. The van der Waals surface area contributed by atoms with Crippen LogP contribution >= 0.6 is 11.6 Å². The molecule has 0 amide bonds. The maximum atomic E-state index is 13.6. The van der Waals surface area contributed by atoms with Crippen LogP contribution in [0.1, 0.15) is 21.5 Å². The van der Waals surface area contributed by atoms with Gasteiger partial charge in [-0.2, -0.15) is 13.2 Å². The Morgan fingerprint density at radius 3 is 2.36 bits per heavy atom. The van der Waals surface area contributed by atoms with Crippen LogP contribution in [-0.2, 0) is 22.7 Å². The number of carboxylic acids is 1. The maximum Gasteiger partial charge on any atom is 0.417 e. The summed E-state index contributed by atoms with van der Waals surface area (Å²) in [6.07, 6.45) is -4.24. The van der Waals surface area contributed by atoms with Crippen LogP contribution in [0.3, 0.4) is 0 Å². The number of ether oxygens (including phenoxy) is 1. The van der Waals surface area contributed by atoms with Crippen LogP contribution in [0, 0.1) is 0 Å². The van der Waals surface area contributed by atoms with Gasteiger partial charge in [-0.25, -0.2) is 22.5 Å². The molecular weight excluding hydrogens is 485 g/mol. The first-order valence-corrected chi connectivity index (χ1v) is 11.0. The molecule has 1 heterocycles. The van der Waals surface area contributed by atoms with E-state index in [0.29, 0.717) is 17.8 Å². The summed E-state index contributed by atoms with van der Waals surface area (Å²) in [6.45, 7) is -0.314. The standard InChI is InChI=1S/C21H16ClF3N2O5S/c1-32-17-9-14(20(28)29)7-8-18(17)33(30,31)27(12-13-5-3-2-4-6-13)19-16(22)10-15(11-26-19)21(23,24)25/h2-11H,12H2,1H3,(H,28,29). The molecule has 0 spiro atoms. The summed E-state index contributed by atoms with van der Waals surface area (Å²) >= 11 is 6.05. The van der Waals surface area contributed by atoms with Gasteiger partial charge in [0.05, 0.1) is 29.8 Å². The second-order valence-electron chi connectivity index (χ2n) is 6.70. The van der Waals surface area contributed by atoms with Crippen molar-refractivity contribution < 1.29 is 36.2 Å². The van der Waals surface area contributed by atoms with Gasteiger partial charge in [-0.05, 0) is 29.8 Å². The van der Waals surface area contributed by atoms with Crippen molar-refractivity contribution in [2.75, 3.05) is 11.4 Å². The van der Waals surface area contributed by atoms with Gasteiger partial charge in [-0.3, -0.25) is 0 Å². The molecule has 0 unspecified atom stereocenters. The van der Waals surface area contributed by atoms with Crippen molar-refractivity contribution in [1.82, 2.24) is 4.98 Å². The molecule has 12 heteroatoms. The molecule has 2 aromatic carbocycles.